The molecule has 0 radical (unpaired) electrons. The van der Waals surface area contributed by atoms with Gasteiger partial charge in [0.1, 0.15) is 11.5 Å². The Bertz CT molecular complexity index is 1110. The summed E-state index contributed by atoms with van der Waals surface area (Å²) in [5, 5.41) is 4.47. The van der Waals surface area contributed by atoms with Crippen LogP contribution in [0.5, 0.6) is 17.5 Å². The van der Waals surface area contributed by atoms with Crippen molar-refractivity contribution in [2.45, 2.75) is 32.9 Å². The van der Waals surface area contributed by atoms with Crippen molar-refractivity contribution in [1.82, 2.24) is 19.6 Å². The highest BCUT2D eigenvalue weighted by Gasteiger charge is 2.18. The van der Waals surface area contributed by atoms with Gasteiger partial charge in [0.25, 0.3) is 0 Å². The number of methoxy groups -OCH3 is 2. The molecule has 8 heteroatoms. The average Bonchev–Trinajstić information content (AvgIpc) is 3.33. The van der Waals surface area contributed by atoms with Crippen molar-refractivity contribution in [2.24, 2.45) is 0 Å². The summed E-state index contributed by atoms with van der Waals surface area (Å²) in [5.41, 5.74) is 2.93. The second-order valence-corrected chi connectivity index (χ2v) is 7.67. The molecule has 4 aromatic rings. The van der Waals surface area contributed by atoms with Gasteiger partial charge in [0.2, 0.25) is 0 Å². The second kappa shape index (κ2) is 10.7. The van der Waals surface area contributed by atoms with Crippen molar-refractivity contribution in [3.8, 4) is 17.5 Å². The highest BCUT2D eigenvalue weighted by atomic mass is 16.5. The molecule has 4 rings (SSSR count). The van der Waals surface area contributed by atoms with Crippen LogP contribution in [0, 0.1) is 0 Å². The van der Waals surface area contributed by atoms with Crippen LogP contribution in [0.1, 0.15) is 30.9 Å². The normalized spacial score (nSPS) is 10.9. The molecule has 33 heavy (non-hydrogen) atoms. The predicted molar refractivity (Wildman–Crippen MR) is 127 cm³/mol. The van der Waals surface area contributed by atoms with Crippen LogP contribution in [-0.2, 0) is 13.1 Å². The summed E-state index contributed by atoms with van der Waals surface area (Å²) >= 11 is 0. The number of unbranched alkanes of at least 4 members (excludes halogenated alkanes) is 1. The molecule has 2 heterocycles. The average molecular weight is 448 g/mol. The fourth-order valence-electron chi connectivity index (χ4n) is 3.48. The Morgan fingerprint density at radius 3 is 2.03 bits per heavy atom. The number of rotatable bonds is 11. The number of ether oxygens (including phenoxy) is 3. The monoisotopic (exact) mass is 447 g/mol. The number of hydrogen-bond donors (Lipinski definition) is 0. The minimum absolute atomic E-state index is 0.346. The van der Waals surface area contributed by atoms with E-state index >= 15 is 0 Å². The van der Waals surface area contributed by atoms with E-state index in [1.807, 2.05) is 30.5 Å². The Labute approximate surface area is 193 Å². The van der Waals surface area contributed by atoms with Gasteiger partial charge in [-0.05, 0) is 41.8 Å². The summed E-state index contributed by atoms with van der Waals surface area (Å²) in [6.45, 7) is 3.96. The van der Waals surface area contributed by atoms with Gasteiger partial charge >= 0.3 is 6.01 Å². The molecule has 0 aliphatic carbocycles. The van der Waals surface area contributed by atoms with Crippen LogP contribution in [0.2, 0.25) is 0 Å². The van der Waals surface area contributed by atoms with E-state index in [4.69, 9.17) is 19.2 Å². The van der Waals surface area contributed by atoms with Gasteiger partial charge in [-0.1, -0.05) is 37.6 Å². The minimum atomic E-state index is 0.346. The SMILES string of the molecule is CCCCOc1nc(N(Cc2ccc(OC)cc2)Cc2ccc(OC)cc2)c2nccn2n1. The van der Waals surface area contributed by atoms with Crippen molar-refractivity contribution in [3.63, 3.8) is 0 Å². The summed E-state index contributed by atoms with van der Waals surface area (Å²) < 4.78 is 18.2. The second-order valence-electron chi connectivity index (χ2n) is 7.67. The number of imidazole rings is 1. The molecule has 0 amide bonds. The number of benzene rings is 2. The lowest BCUT2D eigenvalue weighted by Gasteiger charge is -2.25. The van der Waals surface area contributed by atoms with Crippen LogP contribution in [0.4, 0.5) is 5.82 Å². The summed E-state index contributed by atoms with van der Waals surface area (Å²) in [5.74, 6) is 2.36. The lowest BCUT2D eigenvalue weighted by Crippen LogP contribution is -2.25. The summed E-state index contributed by atoms with van der Waals surface area (Å²) in [7, 11) is 3.34. The standard InChI is InChI=1S/C25H29N5O3/c1-4-5-16-33-25-27-24(23-26-14-15-30(23)28-25)29(17-19-6-10-21(31-2)11-7-19)18-20-8-12-22(32-3)13-9-20/h6-15H,4-5,16-18H2,1-3H3. The Morgan fingerprint density at radius 1 is 0.879 bits per heavy atom. The van der Waals surface area contributed by atoms with Crippen molar-refractivity contribution in [2.75, 3.05) is 25.7 Å². The fourth-order valence-corrected chi connectivity index (χ4v) is 3.48. The first-order valence-corrected chi connectivity index (χ1v) is 11.0. The van der Waals surface area contributed by atoms with E-state index in [1.54, 1.807) is 24.9 Å². The molecular formula is C25H29N5O3. The zero-order valence-electron chi connectivity index (χ0n) is 19.3. The van der Waals surface area contributed by atoms with Gasteiger partial charge in [0, 0.05) is 25.5 Å². The van der Waals surface area contributed by atoms with E-state index in [9.17, 15) is 0 Å². The molecule has 0 saturated carbocycles. The zero-order valence-corrected chi connectivity index (χ0v) is 19.3. The highest BCUT2D eigenvalue weighted by Crippen LogP contribution is 2.25. The Morgan fingerprint density at radius 2 is 1.48 bits per heavy atom. The first kappa shape index (κ1) is 22.4. The number of anilines is 1. The van der Waals surface area contributed by atoms with E-state index in [0.717, 1.165) is 35.5 Å². The third-order valence-corrected chi connectivity index (χ3v) is 5.31. The largest absolute Gasteiger partial charge is 0.497 e. The van der Waals surface area contributed by atoms with Crippen LogP contribution in [0.25, 0.3) is 5.65 Å². The summed E-state index contributed by atoms with van der Waals surface area (Å²) in [6, 6.07) is 16.4. The van der Waals surface area contributed by atoms with E-state index in [1.165, 1.54) is 0 Å². The number of nitrogens with zero attached hydrogens (tertiary/aromatic N) is 5. The van der Waals surface area contributed by atoms with Crippen molar-refractivity contribution >= 4 is 11.5 Å². The maximum atomic E-state index is 5.85. The van der Waals surface area contributed by atoms with E-state index in [0.29, 0.717) is 37.2 Å². The maximum absolute atomic E-state index is 5.85. The van der Waals surface area contributed by atoms with Crippen LogP contribution < -0.4 is 19.1 Å². The van der Waals surface area contributed by atoms with E-state index < -0.39 is 0 Å². The van der Waals surface area contributed by atoms with Gasteiger partial charge in [0.05, 0.1) is 20.8 Å². The Balaban J connectivity index is 1.70. The Hall–Kier alpha value is -3.81. The molecule has 2 aromatic heterocycles. The smallest absolute Gasteiger partial charge is 0.336 e. The molecule has 0 unspecified atom stereocenters. The Kier molecular flexibility index (Phi) is 7.24. The molecule has 0 aliphatic heterocycles. The quantitative estimate of drug-likeness (QED) is 0.313. The van der Waals surface area contributed by atoms with Crippen LogP contribution in [-0.4, -0.2) is 40.4 Å². The van der Waals surface area contributed by atoms with Gasteiger partial charge in [-0.3, -0.25) is 0 Å². The van der Waals surface area contributed by atoms with Crippen LogP contribution in [0.3, 0.4) is 0 Å². The minimum Gasteiger partial charge on any atom is -0.497 e. The number of aromatic nitrogens is 4. The van der Waals surface area contributed by atoms with Gasteiger partial charge in [0.15, 0.2) is 11.5 Å². The van der Waals surface area contributed by atoms with Crippen molar-refractivity contribution < 1.29 is 14.2 Å². The topological polar surface area (TPSA) is 74.0 Å². The molecule has 8 nitrogen and oxygen atoms in total. The van der Waals surface area contributed by atoms with Crippen LogP contribution in [0.15, 0.2) is 60.9 Å². The van der Waals surface area contributed by atoms with Crippen molar-refractivity contribution in [1.29, 1.82) is 0 Å². The predicted octanol–water partition coefficient (Wildman–Crippen LogP) is 4.53. The third-order valence-electron chi connectivity index (χ3n) is 5.31. The van der Waals surface area contributed by atoms with Crippen LogP contribution >= 0.6 is 0 Å². The summed E-state index contributed by atoms with van der Waals surface area (Å²) in [4.78, 5) is 11.5. The van der Waals surface area contributed by atoms with E-state index in [2.05, 4.69) is 46.2 Å². The van der Waals surface area contributed by atoms with Crippen molar-refractivity contribution in [3.05, 3.63) is 72.1 Å². The first-order chi connectivity index (χ1) is 16.2. The van der Waals surface area contributed by atoms with E-state index in [-0.39, 0.29) is 0 Å². The molecule has 172 valence electrons. The fraction of sp³-hybridized carbons (Fsp3) is 0.320. The molecule has 0 N–H and O–H groups in total. The zero-order chi connectivity index (χ0) is 23.0. The first-order valence-electron chi connectivity index (χ1n) is 11.0. The molecule has 0 saturated heterocycles. The van der Waals surface area contributed by atoms with Gasteiger partial charge < -0.3 is 19.1 Å². The third kappa shape index (κ3) is 5.52. The maximum Gasteiger partial charge on any atom is 0.336 e. The lowest BCUT2D eigenvalue weighted by atomic mass is 10.1. The number of hydrogen-bond acceptors (Lipinski definition) is 7. The molecule has 0 atom stereocenters. The number of fused-ring (bicyclic) bond motifs is 1. The highest BCUT2D eigenvalue weighted by molar-refractivity contribution is 5.64. The molecule has 2 aromatic carbocycles. The molecular weight excluding hydrogens is 418 g/mol. The summed E-state index contributed by atoms with van der Waals surface area (Å²) in [6.07, 6.45) is 5.53. The molecule has 0 aliphatic rings. The van der Waals surface area contributed by atoms with Gasteiger partial charge in [-0.25, -0.2) is 9.50 Å². The molecule has 0 spiro atoms. The lowest BCUT2D eigenvalue weighted by molar-refractivity contribution is 0.280. The van der Waals surface area contributed by atoms with Gasteiger partial charge in [-0.2, -0.15) is 4.98 Å². The molecule has 0 fully saturated rings. The van der Waals surface area contributed by atoms with Gasteiger partial charge in [-0.15, -0.1) is 5.10 Å². The molecule has 0 bridgehead atoms.